The summed E-state index contributed by atoms with van der Waals surface area (Å²) in [6, 6.07) is 14.6. The van der Waals surface area contributed by atoms with E-state index in [1.807, 2.05) is 36.2 Å². The maximum atomic E-state index is 10.5. The van der Waals surface area contributed by atoms with Crippen molar-refractivity contribution in [2.45, 2.75) is 31.1 Å². The van der Waals surface area contributed by atoms with Crippen LogP contribution in [0.5, 0.6) is 0 Å². The zero-order valence-corrected chi connectivity index (χ0v) is 15.1. The Morgan fingerprint density at radius 3 is 2.50 bits per heavy atom. The fourth-order valence-electron chi connectivity index (χ4n) is 3.39. The van der Waals surface area contributed by atoms with Crippen molar-refractivity contribution in [3.63, 3.8) is 0 Å². The third kappa shape index (κ3) is 4.52. The van der Waals surface area contributed by atoms with Gasteiger partial charge < -0.3 is 10.0 Å². The van der Waals surface area contributed by atoms with E-state index in [-0.39, 0.29) is 6.10 Å². The van der Waals surface area contributed by atoms with Gasteiger partial charge in [0.2, 0.25) is 0 Å². The summed E-state index contributed by atoms with van der Waals surface area (Å²) in [7, 11) is 0. The average Bonchev–Trinajstić information content (AvgIpc) is 2.64. The lowest BCUT2D eigenvalue weighted by Crippen LogP contribution is -2.38. The van der Waals surface area contributed by atoms with Crippen molar-refractivity contribution >= 4 is 17.6 Å². The van der Waals surface area contributed by atoms with Crippen LogP contribution in [-0.4, -0.2) is 35.5 Å². The number of aliphatic hydroxyl groups is 1. The Labute approximate surface area is 149 Å². The summed E-state index contributed by atoms with van der Waals surface area (Å²) >= 11 is 1.82. The summed E-state index contributed by atoms with van der Waals surface area (Å²) in [4.78, 5) is 6.95. The lowest BCUT2D eigenvalue weighted by atomic mass is 9.88. The Kier molecular flexibility index (Phi) is 6.16. The molecule has 0 unspecified atom stereocenters. The maximum absolute atomic E-state index is 10.5. The van der Waals surface area contributed by atoms with Crippen molar-refractivity contribution in [2.75, 3.05) is 24.2 Å². The Bertz CT molecular complexity index is 609. The highest BCUT2D eigenvalue weighted by Crippen LogP contribution is 2.26. The smallest absolute Gasteiger partial charge is 0.128 e. The number of rotatable bonds is 6. The Balaban J connectivity index is 1.51. The number of thioether (sulfide) groups is 1. The van der Waals surface area contributed by atoms with Crippen LogP contribution in [0.3, 0.4) is 0 Å². The SMILES string of the molecule is CSCc1ccc(N2CCC([C@@H](O)Cc3ccccc3)CC2)nc1. The van der Waals surface area contributed by atoms with Crippen molar-refractivity contribution in [1.82, 2.24) is 4.98 Å². The van der Waals surface area contributed by atoms with E-state index < -0.39 is 0 Å². The van der Waals surface area contributed by atoms with Crippen molar-refractivity contribution in [1.29, 1.82) is 0 Å². The van der Waals surface area contributed by atoms with Crippen LogP contribution < -0.4 is 4.90 Å². The van der Waals surface area contributed by atoms with Gasteiger partial charge in [0.25, 0.3) is 0 Å². The van der Waals surface area contributed by atoms with Gasteiger partial charge in [-0.15, -0.1) is 0 Å². The number of hydrogen-bond donors (Lipinski definition) is 1. The number of nitrogens with zero attached hydrogens (tertiary/aromatic N) is 2. The van der Waals surface area contributed by atoms with Crippen LogP contribution in [0.15, 0.2) is 48.7 Å². The number of piperidine rings is 1. The third-order valence-corrected chi connectivity index (χ3v) is 5.44. The van der Waals surface area contributed by atoms with Crippen molar-refractivity contribution in [3.05, 3.63) is 59.8 Å². The molecule has 3 nitrogen and oxygen atoms in total. The minimum absolute atomic E-state index is 0.244. The highest BCUT2D eigenvalue weighted by atomic mass is 32.2. The third-order valence-electron chi connectivity index (χ3n) is 4.82. The van der Waals surface area contributed by atoms with Crippen LogP contribution in [0.4, 0.5) is 5.82 Å². The summed E-state index contributed by atoms with van der Waals surface area (Å²) in [6.45, 7) is 1.96. The number of anilines is 1. The molecule has 4 heteroatoms. The second kappa shape index (κ2) is 8.54. The van der Waals surface area contributed by atoms with E-state index in [4.69, 9.17) is 0 Å². The van der Waals surface area contributed by atoms with Gasteiger partial charge in [-0.2, -0.15) is 11.8 Å². The second-order valence-electron chi connectivity index (χ2n) is 6.54. The highest BCUT2D eigenvalue weighted by Gasteiger charge is 2.25. The molecule has 1 fully saturated rings. The molecule has 1 atom stereocenters. The first-order chi connectivity index (χ1) is 11.8. The summed E-state index contributed by atoms with van der Waals surface area (Å²) in [5.74, 6) is 2.47. The average molecular weight is 343 g/mol. The molecule has 2 heterocycles. The Morgan fingerprint density at radius 1 is 1.12 bits per heavy atom. The number of aromatic nitrogens is 1. The van der Waals surface area contributed by atoms with E-state index in [1.165, 1.54) is 11.1 Å². The van der Waals surface area contributed by atoms with Gasteiger partial charge in [0.05, 0.1) is 6.10 Å². The van der Waals surface area contributed by atoms with Gasteiger partial charge in [0, 0.05) is 25.0 Å². The monoisotopic (exact) mass is 342 g/mol. The van der Waals surface area contributed by atoms with Crippen LogP contribution in [0, 0.1) is 5.92 Å². The van der Waals surface area contributed by atoms with Crippen molar-refractivity contribution in [2.24, 2.45) is 5.92 Å². The first-order valence-electron chi connectivity index (χ1n) is 8.67. The van der Waals surface area contributed by atoms with Gasteiger partial charge in [0.1, 0.15) is 5.82 Å². The molecular weight excluding hydrogens is 316 g/mol. The Morgan fingerprint density at radius 2 is 1.88 bits per heavy atom. The largest absolute Gasteiger partial charge is 0.392 e. The summed E-state index contributed by atoms with van der Waals surface area (Å²) in [5, 5.41) is 10.5. The minimum atomic E-state index is -0.244. The summed E-state index contributed by atoms with van der Waals surface area (Å²) in [5.41, 5.74) is 2.50. The van der Waals surface area contributed by atoms with Gasteiger partial charge in [0.15, 0.2) is 0 Å². The molecule has 0 bridgehead atoms. The van der Waals surface area contributed by atoms with E-state index in [2.05, 4.69) is 40.4 Å². The van der Waals surface area contributed by atoms with Crippen molar-refractivity contribution < 1.29 is 5.11 Å². The predicted molar refractivity (Wildman–Crippen MR) is 103 cm³/mol. The molecule has 2 aromatic rings. The molecule has 0 aliphatic carbocycles. The molecule has 1 saturated heterocycles. The molecule has 1 aromatic carbocycles. The summed E-state index contributed by atoms with van der Waals surface area (Å²) in [6.07, 6.45) is 6.67. The molecule has 1 aliphatic rings. The van der Waals surface area contributed by atoms with Crippen LogP contribution in [0.1, 0.15) is 24.0 Å². The maximum Gasteiger partial charge on any atom is 0.128 e. The second-order valence-corrected chi connectivity index (χ2v) is 7.41. The molecule has 24 heavy (non-hydrogen) atoms. The molecule has 3 rings (SSSR count). The number of aliphatic hydroxyl groups excluding tert-OH is 1. The first-order valence-corrected chi connectivity index (χ1v) is 10.1. The number of benzene rings is 1. The molecule has 0 saturated carbocycles. The zero-order valence-electron chi connectivity index (χ0n) is 14.3. The van der Waals surface area contributed by atoms with Gasteiger partial charge in [-0.05, 0) is 48.6 Å². The normalized spacial score (nSPS) is 17.0. The van der Waals surface area contributed by atoms with E-state index in [9.17, 15) is 5.11 Å². The molecule has 128 valence electrons. The standard InChI is InChI=1S/C20H26N2OS/c1-24-15-17-7-8-20(21-14-17)22-11-9-18(10-12-22)19(23)13-16-5-3-2-4-6-16/h2-8,14,18-19,23H,9-13,15H2,1H3/t19-/m0/s1. The van der Waals surface area contributed by atoms with Gasteiger partial charge in [-0.25, -0.2) is 4.98 Å². The number of pyridine rings is 1. The molecular formula is C20H26N2OS. The highest BCUT2D eigenvalue weighted by molar-refractivity contribution is 7.97. The van der Waals surface area contributed by atoms with Crippen LogP contribution in [0.2, 0.25) is 0 Å². The van der Waals surface area contributed by atoms with Gasteiger partial charge in [-0.3, -0.25) is 0 Å². The molecule has 1 aliphatic heterocycles. The first kappa shape index (κ1) is 17.3. The molecule has 0 radical (unpaired) electrons. The lowest BCUT2D eigenvalue weighted by molar-refractivity contribution is 0.0929. The molecule has 1 N–H and O–H groups in total. The predicted octanol–water partition coefficient (Wildman–Crippen LogP) is 3.76. The fourth-order valence-corrected chi connectivity index (χ4v) is 3.90. The zero-order chi connectivity index (χ0) is 16.8. The fraction of sp³-hybridized carbons (Fsp3) is 0.450. The van der Waals surface area contributed by atoms with Crippen molar-refractivity contribution in [3.8, 4) is 0 Å². The van der Waals surface area contributed by atoms with Gasteiger partial charge in [-0.1, -0.05) is 36.4 Å². The molecule has 0 spiro atoms. The van der Waals surface area contributed by atoms with E-state index in [0.29, 0.717) is 5.92 Å². The summed E-state index contributed by atoms with van der Waals surface area (Å²) < 4.78 is 0. The number of hydrogen-bond acceptors (Lipinski definition) is 4. The topological polar surface area (TPSA) is 36.4 Å². The quantitative estimate of drug-likeness (QED) is 0.867. The molecule has 1 aromatic heterocycles. The lowest BCUT2D eigenvalue weighted by Gasteiger charge is -2.35. The Hall–Kier alpha value is -1.52. The van der Waals surface area contributed by atoms with E-state index >= 15 is 0 Å². The van der Waals surface area contributed by atoms with E-state index in [0.717, 1.165) is 43.9 Å². The van der Waals surface area contributed by atoms with E-state index in [1.54, 1.807) is 0 Å². The van der Waals surface area contributed by atoms with Crippen LogP contribution in [0.25, 0.3) is 0 Å². The van der Waals surface area contributed by atoms with Crippen LogP contribution in [-0.2, 0) is 12.2 Å². The van der Waals surface area contributed by atoms with Crippen LogP contribution >= 0.6 is 11.8 Å². The minimum Gasteiger partial charge on any atom is -0.392 e. The molecule has 0 amide bonds. The van der Waals surface area contributed by atoms with Gasteiger partial charge >= 0.3 is 0 Å².